The number of nitrogens with one attached hydrogen (secondary N) is 1. The van der Waals surface area contributed by atoms with Gasteiger partial charge < -0.3 is 10.2 Å². The number of hydrogen-bond donors (Lipinski definition) is 1. The molecular weight excluding hydrogens is 260 g/mol. The second-order valence-corrected chi connectivity index (χ2v) is 5.76. The molecule has 1 saturated heterocycles. The van der Waals surface area contributed by atoms with Crippen molar-refractivity contribution in [3.63, 3.8) is 0 Å². The van der Waals surface area contributed by atoms with Crippen molar-refractivity contribution in [1.82, 2.24) is 4.90 Å². The van der Waals surface area contributed by atoms with E-state index in [4.69, 9.17) is 0 Å². The standard InChI is InChI=1S/C14H18N2O2S/c1-9-5-4-6-10(2)13(9)15-14(18)12-7-19-8-16(12)11(3)17/h4-6,12H,7-8H2,1-3H3,(H,15,18). The molecule has 1 fully saturated rings. The van der Waals surface area contributed by atoms with E-state index < -0.39 is 0 Å². The number of benzene rings is 1. The number of aryl methyl sites for hydroxylation is 2. The number of rotatable bonds is 2. The maximum absolute atomic E-state index is 12.3. The highest BCUT2D eigenvalue weighted by Gasteiger charge is 2.33. The Hall–Kier alpha value is -1.49. The fraction of sp³-hybridized carbons (Fsp3) is 0.429. The first-order valence-corrected chi connectivity index (χ1v) is 7.38. The van der Waals surface area contributed by atoms with Gasteiger partial charge in [-0.05, 0) is 25.0 Å². The summed E-state index contributed by atoms with van der Waals surface area (Å²) >= 11 is 1.61. The zero-order valence-electron chi connectivity index (χ0n) is 11.4. The van der Waals surface area contributed by atoms with Gasteiger partial charge in [0.1, 0.15) is 6.04 Å². The topological polar surface area (TPSA) is 49.4 Å². The molecule has 2 rings (SSSR count). The number of thioether (sulfide) groups is 1. The van der Waals surface area contributed by atoms with E-state index in [0.717, 1.165) is 16.8 Å². The minimum atomic E-state index is -0.360. The van der Waals surface area contributed by atoms with Gasteiger partial charge in [0.05, 0.1) is 5.88 Å². The molecule has 0 saturated carbocycles. The maximum Gasteiger partial charge on any atom is 0.248 e. The van der Waals surface area contributed by atoms with E-state index in [1.54, 1.807) is 16.7 Å². The van der Waals surface area contributed by atoms with E-state index in [0.29, 0.717) is 11.6 Å². The summed E-state index contributed by atoms with van der Waals surface area (Å²) in [5.41, 5.74) is 2.93. The Kier molecular flexibility index (Phi) is 4.14. The molecule has 0 bridgehead atoms. The molecule has 0 aromatic heterocycles. The predicted octanol–water partition coefficient (Wildman–Crippen LogP) is 2.16. The van der Waals surface area contributed by atoms with Crippen LogP contribution in [0.2, 0.25) is 0 Å². The van der Waals surface area contributed by atoms with Crippen LogP contribution in [0.15, 0.2) is 18.2 Å². The van der Waals surface area contributed by atoms with Crippen LogP contribution < -0.4 is 5.32 Å². The molecule has 19 heavy (non-hydrogen) atoms. The van der Waals surface area contributed by atoms with Gasteiger partial charge in [0.25, 0.3) is 0 Å². The van der Waals surface area contributed by atoms with Gasteiger partial charge >= 0.3 is 0 Å². The quantitative estimate of drug-likeness (QED) is 0.902. The van der Waals surface area contributed by atoms with Gasteiger partial charge in [-0.2, -0.15) is 0 Å². The zero-order chi connectivity index (χ0) is 14.0. The molecule has 1 aromatic rings. The van der Waals surface area contributed by atoms with Crippen LogP contribution in [-0.2, 0) is 9.59 Å². The van der Waals surface area contributed by atoms with Gasteiger partial charge in [-0.3, -0.25) is 9.59 Å². The second kappa shape index (κ2) is 5.65. The number of nitrogens with zero attached hydrogens (tertiary/aromatic N) is 1. The van der Waals surface area contributed by atoms with Crippen LogP contribution >= 0.6 is 11.8 Å². The van der Waals surface area contributed by atoms with Gasteiger partial charge in [-0.1, -0.05) is 18.2 Å². The highest BCUT2D eigenvalue weighted by molar-refractivity contribution is 7.99. The van der Waals surface area contributed by atoms with Crippen molar-refractivity contribution in [2.75, 3.05) is 16.9 Å². The lowest BCUT2D eigenvalue weighted by molar-refractivity contribution is -0.134. The molecule has 1 atom stereocenters. The molecule has 2 amide bonds. The summed E-state index contributed by atoms with van der Waals surface area (Å²) in [6, 6.07) is 5.54. The molecule has 102 valence electrons. The molecule has 1 N–H and O–H groups in total. The molecule has 1 aliphatic rings. The highest BCUT2D eigenvalue weighted by atomic mass is 32.2. The van der Waals surface area contributed by atoms with E-state index >= 15 is 0 Å². The van der Waals surface area contributed by atoms with Gasteiger partial charge in [0, 0.05) is 18.4 Å². The first kappa shape index (κ1) is 13.9. The van der Waals surface area contributed by atoms with Crippen molar-refractivity contribution in [3.8, 4) is 0 Å². The minimum Gasteiger partial charge on any atom is -0.324 e. The predicted molar refractivity (Wildman–Crippen MR) is 78.2 cm³/mol. The van der Waals surface area contributed by atoms with Crippen molar-refractivity contribution in [2.24, 2.45) is 0 Å². The molecule has 5 heteroatoms. The van der Waals surface area contributed by atoms with Crippen molar-refractivity contribution in [3.05, 3.63) is 29.3 Å². The number of anilines is 1. The monoisotopic (exact) mass is 278 g/mol. The summed E-state index contributed by atoms with van der Waals surface area (Å²) in [6.45, 7) is 5.44. The summed E-state index contributed by atoms with van der Waals surface area (Å²) < 4.78 is 0. The molecule has 0 aliphatic carbocycles. The minimum absolute atomic E-state index is 0.0494. The number of carbonyl (C=O) groups excluding carboxylic acids is 2. The summed E-state index contributed by atoms with van der Waals surface area (Å²) in [6.07, 6.45) is 0. The lowest BCUT2D eigenvalue weighted by atomic mass is 10.1. The fourth-order valence-corrected chi connectivity index (χ4v) is 3.41. The van der Waals surface area contributed by atoms with E-state index in [9.17, 15) is 9.59 Å². The molecule has 0 radical (unpaired) electrons. The highest BCUT2D eigenvalue weighted by Crippen LogP contribution is 2.24. The summed E-state index contributed by atoms with van der Waals surface area (Å²) in [5, 5.41) is 2.96. The lowest BCUT2D eigenvalue weighted by Crippen LogP contribution is -2.43. The molecule has 1 heterocycles. The van der Waals surface area contributed by atoms with Gasteiger partial charge in [0.15, 0.2) is 0 Å². The lowest BCUT2D eigenvalue weighted by Gasteiger charge is -2.22. The molecule has 4 nitrogen and oxygen atoms in total. The number of amides is 2. The first-order valence-electron chi connectivity index (χ1n) is 6.22. The summed E-state index contributed by atoms with van der Waals surface area (Å²) in [7, 11) is 0. The van der Waals surface area contributed by atoms with Crippen molar-refractivity contribution < 1.29 is 9.59 Å². The van der Waals surface area contributed by atoms with Crippen LogP contribution in [0.5, 0.6) is 0 Å². The van der Waals surface area contributed by atoms with E-state index in [-0.39, 0.29) is 17.9 Å². The Morgan fingerprint density at radius 2 is 1.95 bits per heavy atom. The molecule has 1 aliphatic heterocycles. The van der Waals surface area contributed by atoms with Gasteiger partial charge in [0.2, 0.25) is 11.8 Å². The molecular formula is C14H18N2O2S. The molecule has 1 aromatic carbocycles. The third-order valence-corrected chi connectivity index (χ3v) is 4.33. The molecule has 1 unspecified atom stereocenters. The van der Waals surface area contributed by atoms with Crippen LogP contribution in [-0.4, -0.2) is 34.4 Å². The van der Waals surface area contributed by atoms with Crippen LogP contribution in [0.1, 0.15) is 18.1 Å². The average molecular weight is 278 g/mol. The average Bonchev–Trinajstić information content (AvgIpc) is 2.83. The maximum atomic E-state index is 12.3. The van der Waals surface area contributed by atoms with Crippen LogP contribution in [0.4, 0.5) is 5.69 Å². The Balaban J connectivity index is 2.15. The smallest absolute Gasteiger partial charge is 0.248 e. The summed E-state index contributed by atoms with van der Waals surface area (Å²) in [5.74, 6) is 1.11. The zero-order valence-corrected chi connectivity index (χ0v) is 12.2. The van der Waals surface area contributed by atoms with Gasteiger partial charge in [-0.15, -0.1) is 11.8 Å². The van der Waals surface area contributed by atoms with E-state index in [2.05, 4.69) is 5.32 Å². The van der Waals surface area contributed by atoms with Crippen LogP contribution in [0, 0.1) is 13.8 Å². The Labute approximate surface area is 117 Å². The van der Waals surface area contributed by atoms with Crippen LogP contribution in [0.25, 0.3) is 0 Å². The SMILES string of the molecule is CC(=O)N1CSCC1C(=O)Nc1c(C)cccc1C. The number of hydrogen-bond acceptors (Lipinski definition) is 3. The largest absolute Gasteiger partial charge is 0.324 e. The van der Waals surface area contributed by atoms with Crippen molar-refractivity contribution >= 4 is 29.3 Å². The van der Waals surface area contributed by atoms with Crippen LogP contribution in [0.3, 0.4) is 0 Å². The second-order valence-electron chi connectivity index (χ2n) is 4.76. The number of carbonyl (C=O) groups is 2. The first-order chi connectivity index (χ1) is 9.00. The normalized spacial score (nSPS) is 18.5. The van der Waals surface area contributed by atoms with Crippen molar-refractivity contribution in [1.29, 1.82) is 0 Å². The summed E-state index contributed by atoms with van der Waals surface area (Å²) in [4.78, 5) is 25.4. The van der Waals surface area contributed by atoms with E-state index in [1.807, 2.05) is 32.0 Å². The molecule has 0 spiro atoms. The van der Waals surface area contributed by atoms with Crippen molar-refractivity contribution in [2.45, 2.75) is 26.8 Å². The number of para-hydroxylation sites is 1. The Morgan fingerprint density at radius 1 is 1.32 bits per heavy atom. The van der Waals surface area contributed by atoms with E-state index in [1.165, 1.54) is 6.92 Å². The Bertz CT molecular complexity index is 496. The third kappa shape index (κ3) is 2.92. The fourth-order valence-electron chi connectivity index (χ4n) is 2.19. The van der Waals surface area contributed by atoms with Gasteiger partial charge in [-0.25, -0.2) is 0 Å². The Morgan fingerprint density at radius 3 is 2.53 bits per heavy atom. The third-order valence-electron chi connectivity index (χ3n) is 3.32.